The van der Waals surface area contributed by atoms with E-state index in [1.165, 1.54) is 0 Å². The maximum Gasteiger partial charge on any atom is 0.144 e. The van der Waals surface area contributed by atoms with E-state index in [1.54, 1.807) is 5.37 Å². The van der Waals surface area contributed by atoms with Gasteiger partial charge in [-0.25, -0.2) is 8.42 Å². The molecule has 0 spiro atoms. The number of allylic oxidation sites excluding steroid dienone is 1. The standard InChI is InChI=1S/C24H21NO3S2/c25-13-17-4-3-5-19(12-17)23-21(14-29)20-6-1-2-7-22(20)28-24(23)18-10-8-16(9-11-18)15-30(26)27/h1-12,14,21,30H,13,15,25H2. The van der Waals surface area contributed by atoms with Gasteiger partial charge in [0.15, 0.2) is 0 Å². The zero-order chi connectivity index (χ0) is 21.1. The van der Waals surface area contributed by atoms with Crippen LogP contribution in [0.3, 0.4) is 0 Å². The molecule has 1 atom stereocenters. The van der Waals surface area contributed by atoms with Gasteiger partial charge in [0.25, 0.3) is 0 Å². The Labute approximate surface area is 183 Å². The van der Waals surface area contributed by atoms with Crippen LogP contribution in [-0.2, 0) is 23.0 Å². The molecule has 0 bridgehead atoms. The van der Waals surface area contributed by atoms with Crippen molar-refractivity contribution in [3.8, 4) is 5.75 Å². The van der Waals surface area contributed by atoms with Crippen molar-refractivity contribution in [2.45, 2.75) is 18.2 Å². The fourth-order valence-corrected chi connectivity index (χ4v) is 4.53. The first-order valence-electron chi connectivity index (χ1n) is 9.57. The largest absolute Gasteiger partial charge is 0.456 e. The summed E-state index contributed by atoms with van der Waals surface area (Å²) < 4.78 is 28.5. The second-order valence-corrected chi connectivity index (χ2v) is 8.34. The fraction of sp³-hybridized carbons (Fsp3) is 0.125. The van der Waals surface area contributed by atoms with Gasteiger partial charge in [0.05, 0.1) is 5.75 Å². The lowest BCUT2D eigenvalue weighted by molar-refractivity contribution is 0.500. The number of fused-ring (bicyclic) bond motifs is 1. The van der Waals surface area contributed by atoms with Crippen molar-refractivity contribution in [2.24, 2.45) is 5.73 Å². The Morgan fingerprint density at radius 3 is 2.40 bits per heavy atom. The summed E-state index contributed by atoms with van der Waals surface area (Å²) in [6, 6.07) is 23.4. The van der Waals surface area contributed by atoms with Gasteiger partial charge in [-0.3, -0.25) is 0 Å². The van der Waals surface area contributed by atoms with E-state index in [4.69, 9.17) is 22.7 Å². The van der Waals surface area contributed by atoms with Gasteiger partial charge >= 0.3 is 0 Å². The Bertz CT molecular complexity index is 1190. The predicted octanol–water partition coefficient (Wildman–Crippen LogP) is 4.30. The average molecular weight is 436 g/mol. The van der Waals surface area contributed by atoms with E-state index < -0.39 is 10.7 Å². The van der Waals surface area contributed by atoms with Crippen molar-refractivity contribution in [3.63, 3.8) is 0 Å². The van der Waals surface area contributed by atoms with E-state index in [9.17, 15) is 8.42 Å². The first-order chi connectivity index (χ1) is 14.6. The van der Waals surface area contributed by atoms with Crippen LogP contribution in [0.1, 0.15) is 33.7 Å². The molecule has 152 valence electrons. The van der Waals surface area contributed by atoms with Gasteiger partial charge in [0.1, 0.15) is 22.2 Å². The maximum absolute atomic E-state index is 11.0. The van der Waals surface area contributed by atoms with E-state index in [0.717, 1.165) is 39.1 Å². The summed E-state index contributed by atoms with van der Waals surface area (Å²) in [5.74, 6) is 1.38. The molecule has 30 heavy (non-hydrogen) atoms. The number of thiol groups is 1. The highest BCUT2D eigenvalue weighted by Crippen LogP contribution is 2.46. The predicted molar refractivity (Wildman–Crippen MR) is 125 cm³/mol. The number of ether oxygens (including phenoxy) is 1. The molecule has 0 radical (unpaired) electrons. The van der Waals surface area contributed by atoms with Crippen molar-refractivity contribution in [1.82, 2.24) is 0 Å². The van der Waals surface area contributed by atoms with Crippen LogP contribution < -0.4 is 10.5 Å². The van der Waals surface area contributed by atoms with Gasteiger partial charge in [-0.05, 0) is 28.1 Å². The first-order valence-corrected chi connectivity index (χ1v) is 11.4. The van der Waals surface area contributed by atoms with Gasteiger partial charge < -0.3 is 10.5 Å². The molecule has 6 heteroatoms. The Morgan fingerprint density at radius 2 is 1.70 bits per heavy atom. The monoisotopic (exact) mass is 435 g/mol. The first kappa shape index (κ1) is 20.5. The van der Waals surface area contributed by atoms with Crippen molar-refractivity contribution in [2.75, 3.05) is 0 Å². The highest BCUT2D eigenvalue weighted by atomic mass is 32.2. The highest BCUT2D eigenvalue weighted by Gasteiger charge is 2.30. The molecule has 0 fully saturated rings. The fourth-order valence-electron chi connectivity index (χ4n) is 3.73. The molecule has 1 unspecified atom stereocenters. The van der Waals surface area contributed by atoms with Crippen molar-refractivity contribution < 1.29 is 13.2 Å². The van der Waals surface area contributed by atoms with Crippen LogP contribution in [0.4, 0.5) is 0 Å². The molecule has 4 nitrogen and oxygen atoms in total. The van der Waals surface area contributed by atoms with E-state index in [2.05, 4.69) is 6.07 Å². The number of nitrogens with two attached hydrogens (primary N) is 1. The molecule has 0 aromatic heterocycles. The SMILES string of the molecule is NCc1cccc(C2=C(c3ccc(C[SH](=O)=O)cc3)Oc3ccccc3C2C=S)c1. The lowest BCUT2D eigenvalue weighted by Gasteiger charge is -2.29. The van der Waals surface area contributed by atoms with Crippen molar-refractivity contribution in [3.05, 3.63) is 101 Å². The molecule has 1 heterocycles. The maximum atomic E-state index is 11.0. The lowest BCUT2D eigenvalue weighted by atomic mass is 9.83. The minimum Gasteiger partial charge on any atom is -0.456 e. The van der Waals surface area contributed by atoms with Crippen LogP contribution in [0, 0.1) is 0 Å². The smallest absolute Gasteiger partial charge is 0.144 e. The number of benzene rings is 3. The highest BCUT2D eigenvalue weighted by molar-refractivity contribution is 7.79. The van der Waals surface area contributed by atoms with Crippen molar-refractivity contribution in [1.29, 1.82) is 0 Å². The molecule has 2 N–H and O–H groups in total. The Balaban J connectivity index is 1.91. The van der Waals surface area contributed by atoms with Gasteiger partial charge in [-0.15, -0.1) is 0 Å². The molecule has 4 rings (SSSR count). The van der Waals surface area contributed by atoms with Gasteiger partial charge in [0.2, 0.25) is 0 Å². The Morgan fingerprint density at radius 1 is 0.933 bits per heavy atom. The summed E-state index contributed by atoms with van der Waals surface area (Å²) in [6.07, 6.45) is 0. The molecule has 0 saturated heterocycles. The topological polar surface area (TPSA) is 69.4 Å². The third-order valence-electron chi connectivity index (χ3n) is 5.16. The molecule has 1 aliphatic heterocycles. The second kappa shape index (κ2) is 8.92. The molecule has 1 aliphatic rings. The summed E-state index contributed by atoms with van der Waals surface area (Å²) >= 11 is 5.45. The van der Waals surface area contributed by atoms with Gasteiger partial charge in [-0.1, -0.05) is 78.9 Å². The summed E-state index contributed by atoms with van der Waals surface area (Å²) in [5, 5.41) is 1.77. The van der Waals surface area contributed by atoms with Crippen LogP contribution in [0.2, 0.25) is 0 Å². The number of para-hydroxylation sites is 1. The Hall–Kier alpha value is -2.80. The molecular formula is C24H21NO3S2. The van der Waals surface area contributed by atoms with Crippen LogP contribution in [0.25, 0.3) is 11.3 Å². The minimum atomic E-state index is -2.47. The average Bonchev–Trinajstić information content (AvgIpc) is 2.78. The summed E-state index contributed by atoms with van der Waals surface area (Å²) in [4.78, 5) is 0. The third kappa shape index (κ3) is 4.07. The third-order valence-corrected chi connectivity index (χ3v) is 6.05. The summed E-state index contributed by atoms with van der Waals surface area (Å²) in [7, 11) is -2.47. The normalized spacial score (nSPS) is 15.6. The van der Waals surface area contributed by atoms with E-state index >= 15 is 0 Å². The number of hydrogen-bond donors (Lipinski definition) is 2. The molecule has 3 aromatic carbocycles. The van der Waals surface area contributed by atoms with Crippen LogP contribution in [0.15, 0.2) is 72.8 Å². The van der Waals surface area contributed by atoms with Crippen LogP contribution in [0.5, 0.6) is 5.75 Å². The van der Waals surface area contributed by atoms with E-state index in [0.29, 0.717) is 12.3 Å². The molecular weight excluding hydrogens is 414 g/mol. The zero-order valence-corrected chi connectivity index (χ0v) is 17.9. The van der Waals surface area contributed by atoms with Crippen molar-refractivity contribution >= 4 is 39.6 Å². The number of rotatable bonds is 6. The van der Waals surface area contributed by atoms with E-state index in [1.807, 2.05) is 66.7 Å². The van der Waals surface area contributed by atoms with Crippen LogP contribution >= 0.6 is 12.2 Å². The van der Waals surface area contributed by atoms with E-state index in [-0.39, 0.29) is 11.7 Å². The summed E-state index contributed by atoms with van der Waals surface area (Å²) in [5.41, 5.74) is 11.5. The molecule has 0 aliphatic carbocycles. The van der Waals surface area contributed by atoms with Gasteiger partial charge in [-0.2, -0.15) is 0 Å². The minimum absolute atomic E-state index is 0.0202. The Kier molecular flexibility index (Phi) is 6.08. The van der Waals surface area contributed by atoms with Gasteiger partial charge in [0, 0.05) is 29.2 Å². The summed E-state index contributed by atoms with van der Waals surface area (Å²) in [6.45, 7) is 0.443. The second-order valence-electron chi connectivity index (χ2n) is 7.09. The van der Waals surface area contributed by atoms with Crippen LogP contribution in [-0.4, -0.2) is 13.8 Å². The molecule has 0 saturated carbocycles. The quantitative estimate of drug-likeness (QED) is 0.446. The molecule has 0 amide bonds. The lowest BCUT2D eigenvalue weighted by Crippen LogP contribution is -2.15. The number of thiocarbonyl (C=S) groups is 1. The molecule has 3 aromatic rings. The number of hydrogen-bond acceptors (Lipinski definition) is 5. The zero-order valence-electron chi connectivity index (χ0n) is 16.2.